The molecule has 0 aliphatic carbocycles. The topological polar surface area (TPSA) is 47.1 Å². The molecule has 6 heteroatoms. The van der Waals surface area contributed by atoms with Crippen LogP contribution in [0.4, 0.5) is 0 Å². The Labute approximate surface area is 136 Å². The van der Waals surface area contributed by atoms with Gasteiger partial charge in [-0.05, 0) is 41.7 Å². The lowest BCUT2D eigenvalue weighted by molar-refractivity contribution is 0.368. The van der Waals surface area contributed by atoms with Crippen molar-refractivity contribution < 1.29 is 0 Å². The maximum absolute atomic E-state index is 6.44. The van der Waals surface area contributed by atoms with Crippen LogP contribution >= 0.6 is 31.9 Å². The smallest absolute Gasteiger partial charge is 0.0745 e. The highest BCUT2D eigenvalue weighted by molar-refractivity contribution is 9.10. The van der Waals surface area contributed by atoms with Gasteiger partial charge in [-0.3, -0.25) is 4.68 Å². The van der Waals surface area contributed by atoms with Crippen molar-refractivity contribution in [3.05, 3.63) is 50.7 Å². The summed E-state index contributed by atoms with van der Waals surface area (Å²) >= 11 is 7.11. The van der Waals surface area contributed by atoms with Gasteiger partial charge in [0.1, 0.15) is 0 Å². The number of hydrogen-bond acceptors (Lipinski definition) is 3. The summed E-state index contributed by atoms with van der Waals surface area (Å²) in [7, 11) is 4.10. The zero-order chi connectivity index (χ0) is 14.7. The monoisotopic (exact) mass is 400 g/mol. The van der Waals surface area contributed by atoms with Gasteiger partial charge >= 0.3 is 0 Å². The van der Waals surface area contributed by atoms with Gasteiger partial charge in [-0.1, -0.05) is 34.1 Å². The predicted octanol–water partition coefficient (Wildman–Crippen LogP) is 3.02. The molecule has 1 heterocycles. The van der Waals surface area contributed by atoms with E-state index >= 15 is 0 Å². The zero-order valence-electron chi connectivity index (χ0n) is 11.6. The Hall–Kier alpha value is -0.690. The van der Waals surface area contributed by atoms with Gasteiger partial charge in [0.05, 0.1) is 29.0 Å². The number of nitrogens with two attached hydrogens (primary N) is 1. The van der Waals surface area contributed by atoms with Crippen molar-refractivity contribution in [1.82, 2.24) is 14.7 Å². The molecule has 0 bridgehead atoms. The Morgan fingerprint density at radius 3 is 2.60 bits per heavy atom. The summed E-state index contributed by atoms with van der Waals surface area (Å²) in [6, 6.07) is 7.80. The number of nitrogens with zero attached hydrogens (tertiary/aromatic N) is 3. The van der Waals surface area contributed by atoms with E-state index in [-0.39, 0.29) is 6.04 Å². The third-order valence-corrected chi connectivity index (χ3v) is 4.46. The van der Waals surface area contributed by atoms with Crippen LogP contribution in [0, 0.1) is 0 Å². The number of halogens is 2. The van der Waals surface area contributed by atoms with Crippen molar-refractivity contribution in [1.29, 1.82) is 0 Å². The summed E-state index contributed by atoms with van der Waals surface area (Å²) in [6.45, 7) is 1.73. The lowest BCUT2D eigenvalue weighted by Crippen LogP contribution is -2.23. The summed E-state index contributed by atoms with van der Waals surface area (Å²) in [5, 5.41) is 4.41. The molecular weight excluding hydrogens is 384 g/mol. The Bertz CT molecular complexity index is 580. The molecule has 1 aromatic heterocycles. The molecule has 0 spiro atoms. The van der Waals surface area contributed by atoms with E-state index in [0.29, 0.717) is 0 Å². The van der Waals surface area contributed by atoms with Gasteiger partial charge in [0.25, 0.3) is 0 Å². The third kappa shape index (κ3) is 3.49. The molecule has 0 saturated carbocycles. The van der Waals surface area contributed by atoms with Crippen LogP contribution in [0.2, 0.25) is 0 Å². The maximum atomic E-state index is 6.44. The first-order chi connectivity index (χ1) is 9.50. The zero-order valence-corrected chi connectivity index (χ0v) is 14.7. The molecule has 108 valence electrons. The van der Waals surface area contributed by atoms with E-state index in [2.05, 4.69) is 41.9 Å². The van der Waals surface area contributed by atoms with Gasteiger partial charge < -0.3 is 10.6 Å². The molecule has 1 aromatic carbocycles. The molecule has 0 amide bonds. The lowest BCUT2D eigenvalue weighted by atomic mass is 10.0. The van der Waals surface area contributed by atoms with Gasteiger partial charge in [-0.25, -0.2) is 0 Å². The third-order valence-electron chi connectivity index (χ3n) is 3.13. The van der Waals surface area contributed by atoms with Crippen LogP contribution < -0.4 is 5.73 Å². The molecule has 0 aliphatic heterocycles. The second kappa shape index (κ2) is 6.85. The minimum atomic E-state index is -0.218. The van der Waals surface area contributed by atoms with Gasteiger partial charge in [-0.2, -0.15) is 5.10 Å². The average molecular weight is 402 g/mol. The maximum Gasteiger partial charge on any atom is 0.0745 e. The summed E-state index contributed by atoms with van der Waals surface area (Å²) in [5.41, 5.74) is 8.49. The van der Waals surface area contributed by atoms with E-state index in [4.69, 9.17) is 5.73 Å². The number of rotatable bonds is 5. The number of hydrogen-bond donors (Lipinski definition) is 1. The highest BCUT2D eigenvalue weighted by Crippen LogP contribution is 2.30. The second-order valence-electron chi connectivity index (χ2n) is 4.90. The SMILES string of the molecule is CN(C)CCn1ncc(Br)c1C(N)c1ccccc1Br. The molecule has 20 heavy (non-hydrogen) atoms. The summed E-state index contributed by atoms with van der Waals surface area (Å²) in [4.78, 5) is 2.13. The molecule has 0 fully saturated rings. The second-order valence-corrected chi connectivity index (χ2v) is 6.61. The van der Waals surface area contributed by atoms with Crippen LogP contribution in [0.25, 0.3) is 0 Å². The standard InChI is InChI=1S/C14H18Br2N4/c1-19(2)7-8-20-14(12(16)9-18-20)13(17)10-5-3-4-6-11(10)15/h3-6,9,13H,7-8,17H2,1-2H3. The van der Waals surface area contributed by atoms with Crippen LogP contribution in [0.3, 0.4) is 0 Å². The molecule has 2 rings (SSSR count). The Kier molecular flexibility index (Phi) is 5.37. The summed E-state index contributed by atoms with van der Waals surface area (Å²) < 4.78 is 3.92. The lowest BCUT2D eigenvalue weighted by Gasteiger charge is -2.18. The molecule has 1 unspecified atom stereocenters. The van der Waals surface area contributed by atoms with Crippen LogP contribution in [-0.4, -0.2) is 35.3 Å². The first kappa shape index (κ1) is 15.7. The summed E-state index contributed by atoms with van der Waals surface area (Å²) in [5.74, 6) is 0. The first-order valence-electron chi connectivity index (χ1n) is 6.36. The van der Waals surface area contributed by atoms with Gasteiger partial charge in [-0.15, -0.1) is 0 Å². The highest BCUT2D eigenvalue weighted by atomic mass is 79.9. The van der Waals surface area contributed by atoms with Crippen LogP contribution in [0.5, 0.6) is 0 Å². The van der Waals surface area contributed by atoms with Crippen molar-refractivity contribution in [2.45, 2.75) is 12.6 Å². The van der Waals surface area contributed by atoms with E-state index < -0.39 is 0 Å². The van der Waals surface area contributed by atoms with E-state index in [0.717, 1.165) is 33.3 Å². The fourth-order valence-electron chi connectivity index (χ4n) is 2.03. The van der Waals surface area contributed by atoms with Crippen LogP contribution in [-0.2, 0) is 6.54 Å². The molecule has 0 saturated heterocycles. The van der Waals surface area contributed by atoms with E-state index in [1.807, 2.05) is 49.2 Å². The largest absolute Gasteiger partial charge is 0.319 e. The number of benzene rings is 1. The van der Waals surface area contributed by atoms with E-state index in [1.165, 1.54) is 0 Å². The normalized spacial score (nSPS) is 12.9. The number of aromatic nitrogens is 2. The minimum absolute atomic E-state index is 0.218. The molecular formula is C14H18Br2N4. The fourth-order valence-corrected chi connectivity index (χ4v) is 3.10. The van der Waals surface area contributed by atoms with E-state index in [9.17, 15) is 0 Å². The predicted molar refractivity (Wildman–Crippen MR) is 88.7 cm³/mol. The van der Waals surface area contributed by atoms with Crippen molar-refractivity contribution in [2.75, 3.05) is 20.6 Å². The van der Waals surface area contributed by atoms with Crippen LogP contribution in [0.15, 0.2) is 39.4 Å². The van der Waals surface area contributed by atoms with Crippen molar-refractivity contribution in [3.8, 4) is 0 Å². The Morgan fingerprint density at radius 2 is 1.95 bits per heavy atom. The van der Waals surface area contributed by atoms with Gasteiger partial charge in [0.2, 0.25) is 0 Å². The van der Waals surface area contributed by atoms with E-state index in [1.54, 1.807) is 0 Å². The molecule has 2 N–H and O–H groups in total. The Balaban J connectivity index is 2.32. The molecule has 0 aliphatic rings. The first-order valence-corrected chi connectivity index (χ1v) is 7.95. The van der Waals surface area contributed by atoms with Gasteiger partial charge in [0.15, 0.2) is 0 Å². The quantitative estimate of drug-likeness (QED) is 0.837. The van der Waals surface area contributed by atoms with Gasteiger partial charge in [0, 0.05) is 11.0 Å². The Morgan fingerprint density at radius 1 is 1.25 bits per heavy atom. The molecule has 2 aromatic rings. The van der Waals surface area contributed by atoms with Crippen LogP contribution in [0.1, 0.15) is 17.3 Å². The molecule has 0 radical (unpaired) electrons. The number of likely N-dealkylation sites (N-methyl/N-ethyl adjacent to an activating group) is 1. The fraction of sp³-hybridized carbons (Fsp3) is 0.357. The van der Waals surface area contributed by atoms with Crippen molar-refractivity contribution >= 4 is 31.9 Å². The molecule has 1 atom stereocenters. The molecule has 4 nitrogen and oxygen atoms in total. The average Bonchev–Trinajstić information content (AvgIpc) is 2.77. The highest BCUT2D eigenvalue weighted by Gasteiger charge is 2.20. The minimum Gasteiger partial charge on any atom is -0.319 e. The van der Waals surface area contributed by atoms with Crippen molar-refractivity contribution in [3.63, 3.8) is 0 Å². The van der Waals surface area contributed by atoms with Crippen molar-refractivity contribution in [2.24, 2.45) is 5.73 Å². The summed E-state index contributed by atoms with van der Waals surface area (Å²) in [6.07, 6.45) is 1.81.